The van der Waals surface area contributed by atoms with Gasteiger partial charge in [-0.05, 0) is 54.8 Å². The fraction of sp³-hybridized carbons (Fsp3) is 0.938. The lowest BCUT2D eigenvalue weighted by molar-refractivity contribution is -0.156. The van der Waals surface area contributed by atoms with Gasteiger partial charge in [-0.25, -0.2) is 0 Å². The molecule has 104 valence electrons. The van der Waals surface area contributed by atoms with Crippen molar-refractivity contribution in [3.8, 4) is 0 Å². The Labute approximate surface area is 111 Å². The summed E-state index contributed by atoms with van der Waals surface area (Å²) in [5, 5.41) is 0. The van der Waals surface area contributed by atoms with Crippen molar-refractivity contribution >= 4 is 5.97 Å². The van der Waals surface area contributed by atoms with Crippen molar-refractivity contribution in [2.45, 2.75) is 53.4 Å². The summed E-state index contributed by atoms with van der Waals surface area (Å²) >= 11 is 0. The van der Waals surface area contributed by atoms with E-state index in [1.54, 1.807) is 0 Å². The largest absolute Gasteiger partial charge is 0.469 e. The van der Waals surface area contributed by atoms with E-state index in [4.69, 9.17) is 4.74 Å². The first-order valence-electron chi connectivity index (χ1n) is 7.48. The van der Waals surface area contributed by atoms with E-state index in [-0.39, 0.29) is 11.9 Å². The number of carbonyl (C=O) groups is 1. The highest BCUT2D eigenvalue weighted by Crippen LogP contribution is 2.56. The predicted molar refractivity (Wildman–Crippen MR) is 73.1 cm³/mol. The van der Waals surface area contributed by atoms with Gasteiger partial charge < -0.3 is 4.74 Å². The number of carbonyl (C=O) groups excluding carboxylic acids is 1. The summed E-state index contributed by atoms with van der Waals surface area (Å²) in [7, 11) is 1.53. The number of ether oxygens (including phenoxy) is 1. The molecule has 2 aliphatic carbocycles. The Kier molecular flexibility index (Phi) is 3.75. The zero-order valence-electron chi connectivity index (χ0n) is 12.5. The van der Waals surface area contributed by atoms with Crippen molar-refractivity contribution in [2.24, 2.45) is 35.0 Å². The minimum atomic E-state index is 0.0269. The van der Waals surface area contributed by atoms with E-state index in [1.165, 1.54) is 32.8 Å². The highest BCUT2D eigenvalue weighted by atomic mass is 16.5. The molecule has 18 heavy (non-hydrogen) atoms. The van der Waals surface area contributed by atoms with Crippen LogP contribution in [0.2, 0.25) is 0 Å². The Morgan fingerprint density at radius 1 is 1.33 bits per heavy atom. The molecular weight excluding hydrogens is 224 g/mol. The minimum absolute atomic E-state index is 0.0269. The fourth-order valence-corrected chi connectivity index (χ4v) is 4.53. The third-order valence-electron chi connectivity index (χ3n) is 6.14. The van der Waals surface area contributed by atoms with Gasteiger partial charge in [-0.3, -0.25) is 4.79 Å². The van der Waals surface area contributed by atoms with E-state index >= 15 is 0 Å². The topological polar surface area (TPSA) is 26.3 Å². The van der Waals surface area contributed by atoms with Gasteiger partial charge in [0, 0.05) is 0 Å². The average Bonchev–Trinajstić information content (AvgIpc) is 2.33. The third kappa shape index (κ3) is 2.08. The summed E-state index contributed by atoms with van der Waals surface area (Å²) in [4.78, 5) is 12.0. The lowest BCUT2D eigenvalue weighted by Crippen LogP contribution is -2.48. The van der Waals surface area contributed by atoms with Crippen LogP contribution in [0.4, 0.5) is 0 Å². The molecule has 0 aromatic carbocycles. The summed E-state index contributed by atoms with van der Waals surface area (Å²) in [5.74, 6) is 2.78. The zero-order valence-corrected chi connectivity index (χ0v) is 12.5. The normalized spacial score (nSPS) is 43.9. The Morgan fingerprint density at radius 3 is 2.56 bits per heavy atom. The predicted octanol–water partition coefficient (Wildman–Crippen LogP) is 3.89. The second kappa shape index (κ2) is 4.86. The molecule has 5 unspecified atom stereocenters. The van der Waals surface area contributed by atoms with E-state index < -0.39 is 0 Å². The van der Waals surface area contributed by atoms with Gasteiger partial charge in [0.25, 0.3) is 0 Å². The quantitative estimate of drug-likeness (QED) is 0.697. The summed E-state index contributed by atoms with van der Waals surface area (Å²) in [6.45, 7) is 9.42. The van der Waals surface area contributed by atoms with Crippen LogP contribution in [-0.4, -0.2) is 13.1 Å². The van der Waals surface area contributed by atoms with E-state index in [2.05, 4.69) is 27.7 Å². The van der Waals surface area contributed by atoms with Gasteiger partial charge >= 0.3 is 5.97 Å². The van der Waals surface area contributed by atoms with Crippen LogP contribution in [0.25, 0.3) is 0 Å². The molecule has 0 heterocycles. The van der Waals surface area contributed by atoms with E-state index in [9.17, 15) is 4.79 Å². The lowest BCUT2D eigenvalue weighted by atomic mass is 9.51. The highest BCUT2D eigenvalue weighted by Gasteiger charge is 2.50. The molecule has 0 aromatic heterocycles. The molecule has 0 N–H and O–H groups in total. The molecule has 2 rings (SSSR count). The van der Waals surface area contributed by atoms with Crippen molar-refractivity contribution in [3.05, 3.63) is 0 Å². The van der Waals surface area contributed by atoms with Crippen LogP contribution in [0.15, 0.2) is 0 Å². The summed E-state index contributed by atoms with van der Waals surface area (Å²) in [6.07, 6.45) is 4.92. The van der Waals surface area contributed by atoms with E-state index in [0.29, 0.717) is 17.3 Å². The van der Waals surface area contributed by atoms with Crippen LogP contribution in [0.5, 0.6) is 0 Å². The van der Waals surface area contributed by atoms with Gasteiger partial charge in [-0.1, -0.05) is 27.7 Å². The van der Waals surface area contributed by atoms with Gasteiger partial charge in [-0.15, -0.1) is 0 Å². The Balaban J connectivity index is 2.17. The molecule has 5 atom stereocenters. The van der Waals surface area contributed by atoms with Crippen molar-refractivity contribution in [2.75, 3.05) is 7.11 Å². The first-order valence-corrected chi connectivity index (χ1v) is 7.48. The van der Waals surface area contributed by atoms with E-state index in [0.717, 1.165) is 11.8 Å². The molecule has 0 radical (unpaired) electrons. The summed E-state index contributed by atoms with van der Waals surface area (Å²) < 4.78 is 5.01. The number of hydrogen-bond acceptors (Lipinski definition) is 2. The van der Waals surface area contributed by atoms with Crippen molar-refractivity contribution in [3.63, 3.8) is 0 Å². The first-order chi connectivity index (χ1) is 8.40. The molecule has 0 spiro atoms. The molecule has 2 aliphatic rings. The molecule has 0 saturated heterocycles. The third-order valence-corrected chi connectivity index (χ3v) is 6.14. The first kappa shape index (κ1) is 13.9. The number of fused-ring (bicyclic) bond motifs is 2. The zero-order chi connectivity index (χ0) is 13.5. The maximum absolute atomic E-state index is 12.0. The molecule has 2 bridgehead atoms. The molecule has 2 heteroatoms. The highest BCUT2D eigenvalue weighted by molar-refractivity contribution is 5.73. The van der Waals surface area contributed by atoms with Crippen LogP contribution in [0.1, 0.15) is 53.4 Å². The average molecular weight is 252 g/mol. The molecule has 2 saturated carbocycles. The second-order valence-electron chi connectivity index (χ2n) is 7.15. The molecule has 2 fully saturated rings. The molecule has 0 aliphatic heterocycles. The number of hydrogen-bond donors (Lipinski definition) is 0. The second-order valence-corrected chi connectivity index (χ2v) is 7.15. The maximum atomic E-state index is 12.0. The maximum Gasteiger partial charge on any atom is 0.309 e. The SMILES string of the molecule is COC(=O)C1C(C)CC2CC1CCC2(C)C(C)C. The number of methoxy groups -OCH3 is 1. The monoisotopic (exact) mass is 252 g/mol. The fourth-order valence-electron chi connectivity index (χ4n) is 4.53. The van der Waals surface area contributed by atoms with Gasteiger partial charge in [0.2, 0.25) is 0 Å². The molecule has 0 aromatic rings. The minimum Gasteiger partial charge on any atom is -0.469 e. The van der Waals surface area contributed by atoms with Gasteiger partial charge in [0.15, 0.2) is 0 Å². The van der Waals surface area contributed by atoms with Crippen LogP contribution in [0, 0.1) is 35.0 Å². The van der Waals surface area contributed by atoms with Crippen molar-refractivity contribution < 1.29 is 9.53 Å². The summed E-state index contributed by atoms with van der Waals surface area (Å²) in [5.41, 5.74) is 0.478. The number of rotatable bonds is 2. The van der Waals surface area contributed by atoms with Crippen LogP contribution >= 0.6 is 0 Å². The van der Waals surface area contributed by atoms with Crippen molar-refractivity contribution in [1.29, 1.82) is 0 Å². The van der Waals surface area contributed by atoms with Gasteiger partial charge in [-0.2, -0.15) is 0 Å². The lowest BCUT2D eigenvalue weighted by Gasteiger charge is -2.53. The molecule has 0 amide bonds. The van der Waals surface area contributed by atoms with E-state index in [1.807, 2.05) is 0 Å². The Morgan fingerprint density at radius 2 is 2.00 bits per heavy atom. The summed E-state index contributed by atoms with van der Waals surface area (Å²) in [6, 6.07) is 0. The van der Waals surface area contributed by atoms with Crippen molar-refractivity contribution in [1.82, 2.24) is 0 Å². The van der Waals surface area contributed by atoms with Crippen LogP contribution < -0.4 is 0 Å². The smallest absolute Gasteiger partial charge is 0.309 e. The van der Waals surface area contributed by atoms with Crippen LogP contribution in [0.3, 0.4) is 0 Å². The standard InChI is InChI=1S/C16H28O2/c1-10(2)16(4)7-6-12-9-13(16)8-11(3)14(12)15(17)18-5/h10-14H,6-9H2,1-5H3. The molecular formula is C16H28O2. The Bertz CT molecular complexity index is 321. The van der Waals surface area contributed by atoms with Gasteiger partial charge in [0.1, 0.15) is 0 Å². The van der Waals surface area contributed by atoms with Crippen LogP contribution in [-0.2, 0) is 9.53 Å². The number of esters is 1. The molecule has 2 nitrogen and oxygen atoms in total. The van der Waals surface area contributed by atoms with Gasteiger partial charge in [0.05, 0.1) is 13.0 Å². The Hall–Kier alpha value is -0.530.